The highest BCUT2D eigenvalue weighted by atomic mass is 35.5. The quantitative estimate of drug-likeness (QED) is 0.682. The molecule has 3 N–H and O–H groups in total. The molecule has 1 fully saturated rings. The summed E-state index contributed by atoms with van der Waals surface area (Å²) < 4.78 is 0. The molecule has 2 aromatic heterocycles. The molecule has 3 heterocycles. The lowest BCUT2D eigenvalue weighted by atomic mass is 10.2. The zero-order chi connectivity index (χ0) is 17.9. The maximum atomic E-state index is 5.92. The standard InChI is InChI=1S/C18H19ClN6S/c19-12-5-7-13(8-6-12)21-18-23-16(22-17(20)24-18)11-25-9-1-3-14(25)15-4-2-10-26-15/h2,4-8,10,14H,1,3,9,11H2,(H3,20,21,22,23,24). The number of anilines is 3. The van der Waals surface area contributed by atoms with Crippen LogP contribution in [0, 0.1) is 0 Å². The monoisotopic (exact) mass is 386 g/mol. The van der Waals surface area contributed by atoms with E-state index in [0.29, 0.717) is 29.4 Å². The number of thiophene rings is 1. The van der Waals surface area contributed by atoms with Crippen molar-refractivity contribution in [3.63, 3.8) is 0 Å². The van der Waals surface area contributed by atoms with Gasteiger partial charge in [-0.05, 0) is 55.1 Å². The van der Waals surface area contributed by atoms with E-state index >= 15 is 0 Å². The van der Waals surface area contributed by atoms with Crippen LogP contribution in [-0.2, 0) is 6.54 Å². The first-order valence-corrected chi connectivity index (χ1v) is 9.73. The SMILES string of the molecule is Nc1nc(CN2CCCC2c2cccs2)nc(Nc2ccc(Cl)cc2)n1. The molecule has 134 valence electrons. The Morgan fingerprint density at radius 3 is 2.81 bits per heavy atom. The van der Waals surface area contributed by atoms with Gasteiger partial charge < -0.3 is 11.1 Å². The third-order valence-electron chi connectivity index (χ3n) is 4.38. The van der Waals surface area contributed by atoms with Gasteiger partial charge in [0.25, 0.3) is 0 Å². The molecule has 1 saturated heterocycles. The van der Waals surface area contributed by atoms with Crippen LogP contribution >= 0.6 is 22.9 Å². The highest BCUT2D eigenvalue weighted by Crippen LogP contribution is 2.35. The lowest BCUT2D eigenvalue weighted by Crippen LogP contribution is -2.24. The van der Waals surface area contributed by atoms with Crippen LogP contribution in [-0.4, -0.2) is 26.4 Å². The average Bonchev–Trinajstić information content (AvgIpc) is 3.27. The summed E-state index contributed by atoms with van der Waals surface area (Å²) in [5.74, 6) is 1.34. The van der Waals surface area contributed by atoms with Gasteiger partial charge in [-0.2, -0.15) is 15.0 Å². The summed E-state index contributed by atoms with van der Waals surface area (Å²) in [6, 6.07) is 12.1. The predicted molar refractivity (Wildman–Crippen MR) is 106 cm³/mol. The molecular weight excluding hydrogens is 368 g/mol. The molecule has 0 saturated carbocycles. The maximum absolute atomic E-state index is 5.92. The van der Waals surface area contributed by atoms with Crippen molar-refractivity contribution in [1.29, 1.82) is 0 Å². The van der Waals surface area contributed by atoms with Crippen LogP contribution in [0.1, 0.15) is 29.6 Å². The fourth-order valence-corrected chi connectivity index (χ4v) is 4.25. The van der Waals surface area contributed by atoms with E-state index in [4.69, 9.17) is 17.3 Å². The van der Waals surface area contributed by atoms with Crippen molar-refractivity contribution < 1.29 is 0 Å². The van der Waals surface area contributed by atoms with Gasteiger partial charge in [0, 0.05) is 21.6 Å². The number of likely N-dealkylation sites (tertiary alicyclic amines) is 1. The predicted octanol–water partition coefficient (Wildman–Crippen LogP) is 4.25. The van der Waals surface area contributed by atoms with Crippen molar-refractivity contribution >= 4 is 40.5 Å². The van der Waals surface area contributed by atoms with Crippen molar-refractivity contribution in [2.24, 2.45) is 0 Å². The second kappa shape index (κ2) is 7.57. The highest BCUT2D eigenvalue weighted by molar-refractivity contribution is 7.10. The van der Waals surface area contributed by atoms with Crippen LogP contribution < -0.4 is 11.1 Å². The van der Waals surface area contributed by atoms with Gasteiger partial charge in [0.15, 0.2) is 0 Å². The Kier molecular flexibility index (Phi) is 5.01. The minimum atomic E-state index is 0.221. The van der Waals surface area contributed by atoms with Crippen molar-refractivity contribution in [1.82, 2.24) is 19.9 Å². The lowest BCUT2D eigenvalue weighted by Gasteiger charge is -2.22. The van der Waals surface area contributed by atoms with Gasteiger partial charge in [-0.1, -0.05) is 17.7 Å². The summed E-state index contributed by atoms with van der Waals surface area (Å²) >= 11 is 7.72. The fraction of sp³-hybridized carbons (Fsp3) is 0.278. The molecule has 8 heteroatoms. The van der Waals surface area contributed by atoms with Gasteiger partial charge in [0.1, 0.15) is 5.82 Å². The van der Waals surface area contributed by atoms with E-state index in [1.807, 2.05) is 24.3 Å². The molecule has 1 aliphatic heterocycles. The number of hydrogen-bond acceptors (Lipinski definition) is 7. The van der Waals surface area contributed by atoms with E-state index in [2.05, 4.69) is 42.7 Å². The largest absolute Gasteiger partial charge is 0.368 e. The zero-order valence-corrected chi connectivity index (χ0v) is 15.7. The molecule has 4 rings (SSSR count). The minimum Gasteiger partial charge on any atom is -0.368 e. The molecule has 26 heavy (non-hydrogen) atoms. The Morgan fingerprint density at radius 1 is 1.19 bits per heavy atom. The molecule has 1 aliphatic rings. The van der Waals surface area contributed by atoms with E-state index in [-0.39, 0.29) is 5.95 Å². The lowest BCUT2D eigenvalue weighted by molar-refractivity contribution is 0.245. The Labute approximate surface area is 161 Å². The topological polar surface area (TPSA) is 80.0 Å². The number of hydrogen-bond donors (Lipinski definition) is 2. The number of benzene rings is 1. The van der Waals surface area contributed by atoms with Gasteiger partial charge in [-0.3, -0.25) is 4.90 Å². The summed E-state index contributed by atoms with van der Waals surface area (Å²) in [4.78, 5) is 16.9. The van der Waals surface area contributed by atoms with Crippen LogP contribution in [0.4, 0.5) is 17.6 Å². The fourth-order valence-electron chi connectivity index (χ4n) is 3.23. The first-order valence-electron chi connectivity index (χ1n) is 8.48. The molecule has 6 nitrogen and oxygen atoms in total. The van der Waals surface area contributed by atoms with Crippen molar-refractivity contribution in [3.05, 3.63) is 57.5 Å². The van der Waals surface area contributed by atoms with Crippen molar-refractivity contribution in [2.75, 3.05) is 17.6 Å². The Morgan fingerprint density at radius 2 is 2.04 bits per heavy atom. The van der Waals surface area contributed by atoms with E-state index < -0.39 is 0 Å². The Bertz CT molecular complexity index is 868. The molecule has 1 atom stereocenters. The van der Waals surface area contributed by atoms with Crippen LogP contribution in [0.3, 0.4) is 0 Å². The molecule has 1 aromatic carbocycles. The highest BCUT2D eigenvalue weighted by Gasteiger charge is 2.27. The molecule has 3 aromatic rings. The summed E-state index contributed by atoms with van der Waals surface area (Å²) in [6.07, 6.45) is 2.34. The molecule has 0 aliphatic carbocycles. The number of nitrogens with one attached hydrogen (secondary N) is 1. The summed E-state index contributed by atoms with van der Waals surface area (Å²) in [5, 5.41) is 5.97. The second-order valence-corrected chi connectivity index (χ2v) is 7.62. The van der Waals surface area contributed by atoms with E-state index in [9.17, 15) is 0 Å². The maximum Gasteiger partial charge on any atom is 0.232 e. The Balaban J connectivity index is 1.51. The van der Waals surface area contributed by atoms with Crippen LogP contribution in [0.5, 0.6) is 0 Å². The van der Waals surface area contributed by atoms with Crippen molar-refractivity contribution in [3.8, 4) is 0 Å². The molecule has 0 spiro atoms. The normalized spacial score (nSPS) is 17.5. The summed E-state index contributed by atoms with van der Waals surface area (Å²) in [5.41, 5.74) is 6.75. The average molecular weight is 387 g/mol. The Hall–Kier alpha value is -2.22. The summed E-state index contributed by atoms with van der Waals surface area (Å²) in [7, 11) is 0. The first-order chi connectivity index (χ1) is 12.7. The molecule has 0 radical (unpaired) electrons. The molecular formula is C18H19ClN6S. The third-order valence-corrected chi connectivity index (χ3v) is 5.60. The van der Waals surface area contributed by atoms with Crippen LogP contribution in [0.25, 0.3) is 0 Å². The molecule has 0 amide bonds. The second-order valence-electron chi connectivity index (χ2n) is 6.21. The zero-order valence-electron chi connectivity index (χ0n) is 14.1. The first kappa shape index (κ1) is 17.2. The number of aromatic nitrogens is 3. The number of rotatable bonds is 5. The van der Waals surface area contributed by atoms with Gasteiger partial charge in [-0.25, -0.2) is 0 Å². The number of nitrogen functional groups attached to an aromatic ring is 1. The smallest absolute Gasteiger partial charge is 0.232 e. The number of halogens is 1. The third kappa shape index (κ3) is 3.95. The van der Waals surface area contributed by atoms with E-state index in [0.717, 1.165) is 18.7 Å². The van der Waals surface area contributed by atoms with Gasteiger partial charge in [0.2, 0.25) is 11.9 Å². The van der Waals surface area contributed by atoms with E-state index in [1.165, 1.54) is 11.3 Å². The van der Waals surface area contributed by atoms with Crippen molar-refractivity contribution in [2.45, 2.75) is 25.4 Å². The number of nitrogens with zero attached hydrogens (tertiary/aromatic N) is 4. The van der Waals surface area contributed by atoms with Crippen LogP contribution in [0.2, 0.25) is 5.02 Å². The number of nitrogens with two attached hydrogens (primary N) is 1. The minimum absolute atomic E-state index is 0.221. The van der Waals surface area contributed by atoms with Crippen LogP contribution in [0.15, 0.2) is 41.8 Å². The van der Waals surface area contributed by atoms with Gasteiger partial charge in [0.05, 0.1) is 6.54 Å². The molecule has 0 bridgehead atoms. The van der Waals surface area contributed by atoms with Gasteiger partial charge in [-0.15, -0.1) is 11.3 Å². The van der Waals surface area contributed by atoms with Gasteiger partial charge >= 0.3 is 0 Å². The van der Waals surface area contributed by atoms with E-state index in [1.54, 1.807) is 11.3 Å². The molecule has 1 unspecified atom stereocenters. The summed E-state index contributed by atoms with van der Waals surface area (Å²) in [6.45, 7) is 1.69.